The largest absolute Gasteiger partial charge is 0.393 e. The molecule has 0 unspecified atom stereocenters. The molecule has 1 aliphatic carbocycles. The average molecular weight is 308 g/mol. The molecule has 7 nitrogen and oxygen atoms in total. The first-order chi connectivity index (χ1) is 10.6. The van der Waals surface area contributed by atoms with Crippen LogP contribution in [0, 0.1) is 11.3 Å². The Labute approximate surface area is 130 Å². The highest BCUT2D eigenvalue weighted by Crippen LogP contribution is 2.37. The Morgan fingerprint density at radius 2 is 2.32 bits per heavy atom. The Balaban J connectivity index is 1.55. The van der Waals surface area contributed by atoms with Gasteiger partial charge in [0.15, 0.2) is 0 Å². The predicted octanol–water partition coefficient (Wildman–Crippen LogP) is 0.212. The number of rotatable bonds is 5. The molecule has 22 heavy (non-hydrogen) atoms. The standard InChI is InChI=1S/C15H24N4O3/c1-3-15(7-22-8-15)14(21)16-6-11-4-10(5-12(11)20)13-18-17-9-19(13)2/h9-12,20H,3-8H2,1-2H3,(H,16,21)/t10-,11+,12+/m0/s1. The van der Waals surface area contributed by atoms with E-state index >= 15 is 0 Å². The van der Waals surface area contributed by atoms with Crippen LogP contribution >= 0.6 is 0 Å². The zero-order valence-electron chi connectivity index (χ0n) is 13.2. The maximum absolute atomic E-state index is 12.3. The molecule has 1 saturated heterocycles. The van der Waals surface area contributed by atoms with Gasteiger partial charge in [0, 0.05) is 25.4 Å². The summed E-state index contributed by atoms with van der Waals surface area (Å²) in [5.74, 6) is 1.23. The zero-order valence-corrected chi connectivity index (χ0v) is 13.2. The molecule has 0 spiro atoms. The molecule has 2 aliphatic rings. The van der Waals surface area contributed by atoms with Gasteiger partial charge in [0.2, 0.25) is 5.91 Å². The van der Waals surface area contributed by atoms with Crippen molar-refractivity contribution in [1.29, 1.82) is 0 Å². The molecule has 3 rings (SSSR count). The summed E-state index contributed by atoms with van der Waals surface area (Å²) in [5.41, 5.74) is -0.355. The Bertz CT molecular complexity index is 535. The molecule has 7 heteroatoms. The number of amides is 1. The maximum Gasteiger partial charge on any atom is 0.230 e. The molecule has 122 valence electrons. The van der Waals surface area contributed by atoms with Crippen LogP contribution in [0.15, 0.2) is 6.33 Å². The number of carbonyl (C=O) groups excluding carboxylic acids is 1. The average Bonchev–Trinajstić information content (AvgIpc) is 3.02. The monoisotopic (exact) mass is 308 g/mol. The summed E-state index contributed by atoms with van der Waals surface area (Å²) in [6.45, 7) is 3.53. The SMILES string of the molecule is CCC1(C(=O)NC[C@H]2C[C@H](c3nncn3C)C[C@H]2O)COC1. The van der Waals surface area contributed by atoms with E-state index < -0.39 is 6.10 Å². The van der Waals surface area contributed by atoms with Crippen LogP contribution in [0.5, 0.6) is 0 Å². The fourth-order valence-corrected chi connectivity index (χ4v) is 3.45. The number of carbonyl (C=O) groups is 1. The fraction of sp³-hybridized carbons (Fsp3) is 0.800. The van der Waals surface area contributed by atoms with E-state index in [-0.39, 0.29) is 23.2 Å². The molecule has 1 saturated carbocycles. The van der Waals surface area contributed by atoms with E-state index in [0.717, 1.165) is 18.7 Å². The van der Waals surface area contributed by atoms with Gasteiger partial charge in [-0.25, -0.2) is 0 Å². The van der Waals surface area contributed by atoms with E-state index in [4.69, 9.17) is 4.74 Å². The highest BCUT2D eigenvalue weighted by molar-refractivity contribution is 5.83. The number of aliphatic hydroxyl groups excluding tert-OH is 1. The molecule has 2 fully saturated rings. The second-order valence-electron chi connectivity index (χ2n) is 6.63. The normalized spacial score (nSPS) is 30.0. The van der Waals surface area contributed by atoms with Gasteiger partial charge < -0.3 is 19.7 Å². The molecule has 1 aliphatic heterocycles. The summed E-state index contributed by atoms with van der Waals surface area (Å²) in [6, 6.07) is 0. The smallest absolute Gasteiger partial charge is 0.230 e. The lowest BCUT2D eigenvalue weighted by Crippen LogP contribution is -2.54. The summed E-state index contributed by atoms with van der Waals surface area (Å²) in [5, 5.41) is 21.3. The van der Waals surface area contributed by atoms with Crippen LogP contribution < -0.4 is 5.32 Å². The van der Waals surface area contributed by atoms with Crippen molar-refractivity contribution in [3.63, 3.8) is 0 Å². The molecular formula is C15H24N4O3. The number of aromatic nitrogens is 3. The number of ether oxygens (including phenoxy) is 1. The number of hydrogen-bond acceptors (Lipinski definition) is 5. The van der Waals surface area contributed by atoms with Crippen LogP contribution in [0.3, 0.4) is 0 Å². The van der Waals surface area contributed by atoms with Gasteiger partial charge >= 0.3 is 0 Å². The van der Waals surface area contributed by atoms with Crippen LogP contribution in [-0.4, -0.2) is 51.6 Å². The lowest BCUT2D eigenvalue weighted by molar-refractivity contribution is -0.162. The van der Waals surface area contributed by atoms with Crippen molar-refractivity contribution in [2.45, 2.75) is 38.2 Å². The molecule has 1 amide bonds. The van der Waals surface area contributed by atoms with E-state index in [9.17, 15) is 9.90 Å². The molecular weight excluding hydrogens is 284 g/mol. The van der Waals surface area contributed by atoms with Gasteiger partial charge in [-0.3, -0.25) is 4.79 Å². The first kappa shape index (κ1) is 15.4. The third-order valence-corrected chi connectivity index (χ3v) is 5.21. The second-order valence-corrected chi connectivity index (χ2v) is 6.63. The Hall–Kier alpha value is -1.47. The highest BCUT2D eigenvalue weighted by atomic mass is 16.5. The quantitative estimate of drug-likeness (QED) is 0.812. The summed E-state index contributed by atoms with van der Waals surface area (Å²) in [6.07, 6.45) is 3.56. The van der Waals surface area contributed by atoms with E-state index in [0.29, 0.717) is 26.2 Å². The molecule has 3 atom stereocenters. The third-order valence-electron chi connectivity index (χ3n) is 5.21. The van der Waals surface area contributed by atoms with Gasteiger partial charge in [0.1, 0.15) is 12.2 Å². The van der Waals surface area contributed by atoms with E-state index in [1.54, 1.807) is 6.33 Å². The van der Waals surface area contributed by atoms with E-state index in [1.165, 1.54) is 0 Å². The van der Waals surface area contributed by atoms with Crippen LogP contribution in [0.25, 0.3) is 0 Å². The molecule has 1 aromatic rings. The van der Waals surface area contributed by atoms with Crippen LogP contribution in [-0.2, 0) is 16.6 Å². The van der Waals surface area contributed by atoms with Crippen molar-refractivity contribution < 1.29 is 14.6 Å². The molecule has 0 bridgehead atoms. The number of nitrogens with one attached hydrogen (secondary N) is 1. The van der Waals surface area contributed by atoms with Crippen molar-refractivity contribution in [3.8, 4) is 0 Å². The topological polar surface area (TPSA) is 89.3 Å². The molecule has 1 aromatic heterocycles. The Kier molecular flexibility index (Phi) is 4.18. The summed E-state index contributed by atoms with van der Waals surface area (Å²) in [7, 11) is 1.92. The summed E-state index contributed by atoms with van der Waals surface area (Å²) < 4.78 is 7.09. The van der Waals surface area contributed by atoms with Crippen molar-refractivity contribution in [1.82, 2.24) is 20.1 Å². The number of aryl methyl sites for hydroxylation is 1. The summed E-state index contributed by atoms with van der Waals surface area (Å²) in [4.78, 5) is 12.3. The van der Waals surface area contributed by atoms with Gasteiger partial charge in [0.05, 0.1) is 24.7 Å². The van der Waals surface area contributed by atoms with Crippen LogP contribution in [0.1, 0.15) is 37.9 Å². The van der Waals surface area contributed by atoms with E-state index in [2.05, 4.69) is 15.5 Å². The van der Waals surface area contributed by atoms with Crippen molar-refractivity contribution in [3.05, 3.63) is 12.2 Å². The maximum atomic E-state index is 12.3. The third kappa shape index (κ3) is 2.63. The minimum atomic E-state index is -0.405. The lowest BCUT2D eigenvalue weighted by Gasteiger charge is -2.39. The summed E-state index contributed by atoms with van der Waals surface area (Å²) >= 11 is 0. The number of nitrogens with zero attached hydrogens (tertiary/aromatic N) is 3. The van der Waals surface area contributed by atoms with Crippen LogP contribution in [0.4, 0.5) is 0 Å². The predicted molar refractivity (Wildman–Crippen MR) is 79.0 cm³/mol. The first-order valence-corrected chi connectivity index (χ1v) is 7.94. The van der Waals surface area contributed by atoms with Crippen molar-refractivity contribution >= 4 is 5.91 Å². The molecule has 0 radical (unpaired) electrons. The zero-order chi connectivity index (χ0) is 15.7. The molecule has 2 N–H and O–H groups in total. The van der Waals surface area contributed by atoms with Gasteiger partial charge in [-0.15, -0.1) is 10.2 Å². The van der Waals surface area contributed by atoms with Crippen molar-refractivity contribution in [2.24, 2.45) is 18.4 Å². The van der Waals surface area contributed by atoms with Crippen molar-refractivity contribution in [2.75, 3.05) is 19.8 Å². The van der Waals surface area contributed by atoms with Gasteiger partial charge in [-0.05, 0) is 19.3 Å². The molecule has 2 heterocycles. The second kappa shape index (κ2) is 5.96. The minimum absolute atomic E-state index is 0.0514. The lowest BCUT2D eigenvalue weighted by atomic mass is 9.82. The van der Waals surface area contributed by atoms with Gasteiger partial charge in [0.25, 0.3) is 0 Å². The van der Waals surface area contributed by atoms with Gasteiger partial charge in [-0.1, -0.05) is 6.92 Å². The first-order valence-electron chi connectivity index (χ1n) is 7.94. The number of aliphatic hydroxyl groups is 1. The number of hydrogen-bond donors (Lipinski definition) is 2. The Morgan fingerprint density at radius 1 is 1.55 bits per heavy atom. The highest BCUT2D eigenvalue weighted by Gasteiger charge is 2.44. The van der Waals surface area contributed by atoms with Gasteiger partial charge in [-0.2, -0.15) is 0 Å². The van der Waals surface area contributed by atoms with E-state index in [1.807, 2.05) is 18.5 Å². The fourth-order valence-electron chi connectivity index (χ4n) is 3.45. The minimum Gasteiger partial charge on any atom is -0.393 e. The van der Waals surface area contributed by atoms with Crippen LogP contribution in [0.2, 0.25) is 0 Å². The Morgan fingerprint density at radius 3 is 2.86 bits per heavy atom. The molecule has 0 aromatic carbocycles.